The summed E-state index contributed by atoms with van der Waals surface area (Å²) < 4.78 is 0. The van der Waals surface area contributed by atoms with Crippen LogP contribution in [0.3, 0.4) is 0 Å². The smallest absolute Gasteiger partial charge is 0.129 e. The molecule has 0 radical (unpaired) electrons. The Kier molecular flexibility index (Phi) is 3.68. The van der Waals surface area contributed by atoms with Gasteiger partial charge in [-0.3, -0.25) is 0 Å². The molecule has 0 aromatic carbocycles. The maximum absolute atomic E-state index is 8.71. The van der Waals surface area contributed by atoms with Crippen LogP contribution in [0.4, 0.5) is 5.82 Å². The normalized spacial score (nSPS) is 10.6. The molecule has 0 N–H and O–H groups in total. The van der Waals surface area contributed by atoms with Crippen molar-refractivity contribution in [2.24, 2.45) is 0 Å². The van der Waals surface area contributed by atoms with E-state index in [1.807, 2.05) is 12.1 Å². The van der Waals surface area contributed by atoms with E-state index in [4.69, 9.17) is 5.26 Å². The van der Waals surface area contributed by atoms with Crippen LogP contribution in [0.1, 0.15) is 26.3 Å². The molecule has 16 heavy (non-hydrogen) atoms. The Morgan fingerprint density at radius 1 is 1.50 bits per heavy atom. The van der Waals surface area contributed by atoms with E-state index < -0.39 is 0 Å². The maximum atomic E-state index is 8.71. The van der Waals surface area contributed by atoms with Crippen LogP contribution in [-0.4, -0.2) is 17.1 Å². The Bertz CT molecular complexity index is 393. The fraction of sp³-hybridized carbons (Fsp3) is 0.385. The fourth-order valence-electron chi connectivity index (χ4n) is 1.45. The molecule has 1 rings (SSSR count). The van der Waals surface area contributed by atoms with Crippen LogP contribution < -0.4 is 4.90 Å². The van der Waals surface area contributed by atoms with Crippen molar-refractivity contribution in [3.63, 3.8) is 0 Å². The third-order valence-electron chi connectivity index (χ3n) is 2.27. The van der Waals surface area contributed by atoms with Gasteiger partial charge in [-0.15, -0.1) is 6.58 Å². The van der Waals surface area contributed by atoms with E-state index in [2.05, 4.69) is 43.3 Å². The fourth-order valence-corrected chi connectivity index (χ4v) is 1.45. The molecular weight excluding hydrogens is 198 g/mol. The highest BCUT2D eigenvalue weighted by Gasteiger charge is 2.21. The van der Waals surface area contributed by atoms with Crippen LogP contribution in [0.15, 0.2) is 31.0 Å². The van der Waals surface area contributed by atoms with E-state index >= 15 is 0 Å². The molecule has 0 aliphatic carbocycles. The minimum atomic E-state index is -0.0185. The van der Waals surface area contributed by atoms with E-state index in [1.165, 1.54) is 0 Å². The number of nitriles is 1. The summed E-state index contributed by atoms with van der Waals surface area (Å²) in [6, 6.07) is 5.71. The molecule has 3 nitrogen and oxygen atoms in total. The van der Waals surface area contributed by atoms with Crippen molar-refractivity contribution in [2.75, 3.05) is 11.4 Å². The molecule has 0 amide bonds. The van der Waals surface area contributed by atoms with Crippen LogP contribution in [-0.2, 0) is 0 Å². The second kappa shape index (κ2) is 4.80. The van der Waals surface area contributed by atoms with Crippen LogP contribution in [0.25, 0.3) is 0 Å². The first-order chi connectivity index (χ1) is 7.49. The van der Waals surface area contributed by atoms with Gasteiger partial charge in [0.25, 0.3) is 0 Å². The zero-order chi connectivity index (χ0) is 12.2. The Balaban J connectivity index is 3.03. The second-order valence-corrected chi connectivity index (χ2v) is 4.59. The molecule has 1 aromatic heterocycles. The summed E-state index contributed by atoms with van der Waals surface area (Å²) >= 11 is 0. The molecule has 0 aliphatic rings. The molecule has 0 saturated carbocycles. The van der Waals surface area contributed by atoms with Crippen LogP contribution in [0.2, 0.25) is 0 Å². The van der Waals surface area contributed by atoms with Crippen LogP contribution >= 0.6 is 0 Å². The molecule has 1 heterocycles. The molecule has 0 spiro atoms. The number of rotatable bonds is 3. The summed E-state index contributed by atoms with van der Waals surface area (Å²) in [7, 11) is 0. The van der Waals surface area contributed by atoms with Gasteiger partial charge >= 0.3 is 0 Å². The average molecular weight is 215 g/mol. The highest BCUT2D eigenvalue weighted by molar-refractivity contribution is 5.44. The number of aromatic nitrogens is 1. The third kappa shape index (κ3) is 2.83. The van der Waals surface area contributed by atoms with E-state index in [1.54, 1.807) is 12.3 Å². The summed E-state index contributed by atoms with van der Waals surface area (Å²) in [5, 5.41) is 8.71. The molecule has 1 aromatic rings. The van der Waals surface area contributed by atoms with Crippen molar-refractivity contribution in [1.29, 1.82) is 5.26 Å². The van der Waals surface area contributed by atoms with Crippen LogP contribution in [0, 0.1) is 11.3 Å². The number of hydrogen-bond donors (Lipinski definition) is 0. The first-order valence-electron chi connectivity index (χ1n) is 5.23. The molecule has 3 heteroatoms. The van der Waals surface area contributed by atoms with Crippen molar-refractivity contribution in [2.45, 2.75) is 26.3 Å². The lowest BCUT2D eigenvalue weighted by Gasteiger charge is -2.35. The molecule has 0 bridgehead atoms. The van der Waals surface area contributed by atoms with E-state index in [-0.39, 0.29) is 5.54 Å². The lowest BCUT2D eigenvalue weighted by atomic mass is 10.1. The zero-order valence-corrected chi connectivity index (χ0v) is 10.1. The summed E-state index contributed by atoms with van der Waals surface area (Å²) in [5.74, 6) is 0.867. The van der Waals surface area contributed by atoms with E-state index in [0.29, 0.717) is 5.56 Å². The SMILES string of the molecule is C=CCN(c1ccc(C#N)cn1)C(C)(C)C. The number of nitrogens with zero attached hydrogens (tertiary/aromatic N) is 3. The quantitative estimate of drug-likeness (QED) is 0.728. The minimum absolute atomic E-state index is 0.0185. The van der Waals surface area contributed by atoms with E-state index in [9.17, 15) is 0 Å². The highest BCUT2D eigenvalue weighted by Crippen LogP contribution is 2.21. The zero-order valence-electron chi connectivity index (χ0n) is 10.1. The van der Waals surface area contributed by atoms with Gasteiger partial charge in [-0.1, -0.05) is 6.08 Å². The van der Waals surface area contributed by atoms with E-state index in [0.717, 1.165) is 12.4 Å². The summed E-state index contributed by atoms with van der Waals surface area (Å²) in [6.45, 7) is 10.9. The largest absolute Gasteiger partial charge is 0.348 e. The molecule has 0 aliphatic heterocycles. The van der Waals surface area contributed by atoms with Crippen molar-refractivity contribution in [3.8, 4) is 6.07 Å². The number of pyridine rings is 1. The van der Waals surface area contributed by atoms with Gasteiger partial charge in [-0.05, 0) is 32.9 Å². The highest BCUT2D eigenvalue weighted by atomic mass is 15.2. The van der Waals surface area contributed by atoms with Gasteiger partial charge in [0, 0.05) is 18.3 Å². The van der Waals surface area contributed by atoms with Gasteiger partial charge in [-0.25, -0.2) is 4.98 Å². The molecule has 0 atom stereocenters. The van der Waals surface area contributed by atoms with Gasteiger partial charge in [0.05, 0.1) is 5.56 Å². The standard InChI is InChI=1S/C13H17N3/c1-5-8-16(13(2,3)4)12-7-6-11(9-14)10-15-12/h5-7,10H,1,8H2,2-4H3. The average Bonchev–Trinajstić information content (AvgIpc) is 2.25. The Morgan fingerprint density at radius 3 is 2.56 bits per heavy atom. The molecule has 0 saturated heterocycles. The Labute approximate surface area is 97.0 Å². The Hall–Kier alpha value is -1.82. The van der Waals surface area contributed by atoms with Crippen molar-refractivity contribution in [1.82, 2.24) is 4.98 Å². The molecule has 0 unspecified atom stereocenters. The minimum Gasteiger partial charge on any atom is -0.348 e. The van der Waals surface area contributed by atoms with Crippen LogP contribution in [0.5, 0.6) is 0 Å². The van der Waals surface area contributed by atoms with Gasteiger partial charge in [0.1, 0.15) is 11.9 Å². The predicted octanol–water partition coefficient (Wildman–Crippen LogP) is 2.74. The van der Waals surface area contributed by atoms with Gasteiger partial charge in [0.15, 0.2) is 0 Å². The van der Waals surface area contributed by atoms with Crippen molar-refractivity contribution >= 4 is 5.82 Å². The topological polar surface area (TPSA) is 39.9 Å². The first kappa shape index (κ1) is 12.3. The number of anilines is 1. The monoisotopic (exact) mass is 215 g/mol. The molecule has 0 fully saturated rings. The van der Waals surface area contributed by atoms with Gasteiger partial charge in [-0.2, -0.15) is 5.26 Å². The summed E-state index contributed by atoms with van der Waals surface area (Å²) in [5.41, 5.74) is 0.561. The van der Waals surface area contributed by atoms with Crippen molar-refractivity contribution in [3.05, 3.63) is 36.5 Å². The Morgan fingerprint density at radius 2 is 2.19 bits per heavy atom. The van der Waals surface area contributed by atoms with Gasteiger partial charge < -0.3 is 4.90 Å². The summed E-state index contributed by atoms with van der Waals surface area (Å²) in [4.78, 5) is 6.43. The summed E-state index contributed by atoms with van der Waals surface area (Å²) in [6.07, 6.45) is 3.45. The lowest BCUT2D eigenvalue weighted by molar-refractivity contribution is 0.517. The lowest BCUT2D eigenvalue weighted by Crippen LogP contribution is -2.42. The molecule has 84 valence electrons. The maximum Gasteiger partial charge on any atom is 0.129 e. The van der Waals surface area contributed by atoms with Gasteiger partial charge in [0.2, 0.25) is 0 Å². The van der Waals surface area contributed by atoms with Crippen molar-refractivity contribution < 1.29 is 0 Å². The number of hydrogen-bond acceptors (Lipinski definition) is 3. The predicted molar refractivity (Wildman–Crippen MR) is 66.2 cm³/mol. The third-order valence-corrected chi connectivity index (χ3v) is 2.27. The second-order valence-electron chi connectivity index (χ2n) is 4.59. The first-order valence-corrected chi connectivity index (χ1v) is 5.23. The molecular formula is C13H17N3.